The molecule has 5 heteroatoms. The number of nitrogens with one attached hydrogen (secondary N) is 2. The van der Waals surface area contributed by atoms with Gasteiger partial charge in [0.05, 0.1) is 5.75 Å². The Balaban J connectivity index is 1.86. The van der Waals surface area contributed by atoms with E-state index in [4.69, 9.17) is 0 Å². The van der Waals surface area contributed by atoms with Crippen molar-refractivity contribution in [2.24, 2.45) is 11.8 Å². The third kappa shape index (κ3) is 4.89. The van der Waals surface area contributed by atoms with Gasteiger partial charge in [-0.15, -0.1) is 0 Å². The molecule has 0 bridgehead atoms. The standard InChI is InChI=1S/C15H24N2O2S/c1-12(15-7-8-15)9-17-20(18,19)11-14-5-3-13(4-6-14)10-16-2/h3-6,12,15-17H,7-11H2,1-2H3. The molecule has 2 rings (SSSR count). The summed E-state index contributed by atoms with van der Waals surface area (Å²) >= 11 is 0. The SMILES string of the molecule is CNCc1ccc(CS(=O)(=O)NCC(C)C2CC2)cc1. The highest BCUT2D eigenvalue weighted by atomic mass is 32.2. The third-order valence-electron chi connectivity index (χ3n) is 3.81. The van der Waals surface area contributed by atoms with E-state index < -0.39 is 10.0 Å². The minimum atomic E-state index is -3.23. The topological polar surface area (TPSA) is 58.2 Å². The van der Waals surface area contributed by atoms with E-state index in [0.717, 1.165) is 23.6 Å². The Morgan fingerprint density at radius 2 is 1.80 bits per heavy atom. The highest BCUT2D eigenvalue weighted by Gasteiger charge is 2.28. The van der Waals surface area contributed by atoms with E-state index >= 15 is 0 Å². The van der Waals surface area contributed by atoms with Crippen molar-refractivity contribution in [3.8, 4) is 0 Å². The van der Waals surface area contributed by atoms with E-state index in [-0.39, 0.29) is 5.75 Å². The van der Waals surface area contributed by atoms with E-state index in [1.165, 1.54) is 12.8 Å². The maximum atomic E-state index is 12.0. The molecule has 4 nitrogen and oxygen atoms in total. The smallest absolute Gasteiger partial charge is 0.215 e. The maximum absolute atomic E-state index is 12.0. The molecule has 1 fully saturated rings. The van der Waals surface area contributed by atoms with Gasteiger partial charge in [-0.1, -0.05) is 31.2 Å². The van der Waals surface area contributed by atoms with Crippen LogP contribution in [0.5, 0.6) is 0 Å². The van der Waals surface area contributed by atoms with Crippen LogP contribution in [0.1, 0.15) is 30.9 Å². The molecule has 1 aliphatic rings. The van der Waals surface area contributed by atoms with Gasteiger partial charge in [0.2, 0.25) is 10.0 Å². The molecule has 1 saturated carbocycles. The zero-order valence-electron chi connectivity index (χ0n) is 12.2. The molecule has 0 radical (unpaired) electrons. The quantitative estimate of drug-likeness (QED) is 0.770. The minimum absolute atomic E-state index is 0.0597. The van der Waals surface area contributed by atoms with Crippen LogP contribution >= 0.6 is 0 Å². The van der Waals surface area contributed by atoms with Gasteiger partial charge in [-0.25, -0.2) is 13.1 Å². The lowest BCUT2D eigenvalue weighted by Gasteiger charge is -2.12. The van der Waals surface area contributed by atoms with Gasteiger partial charge in [0.1, 0.15) is 0 Å². The van der Waals surface area contributed by atoms with Crippen LogP contribution in [0.15, 0.2) is 24.3 Å². The zero-order chi connectivity index (χ0) is 14.6. The molecule has 0 amide bonds. The predicted octanol–water partition coefficient (Wildman–Crippen LogP) is 1.87. The fourth-order valence-corrected chi connectivity index (χ4v) is 3.57. The van der Waals surface area contributed by atoms with Crippen LogP contribution in [0, 0.1) is 11.8 Å². The summed E-state index contributed by atoms with van der Waals surface area (Å²) in [5.41, 5.74) is 1.99. The number of hydrogen-bond donors (Lipinski definition) is 2. The molecule has 0 saturated heterocycles. The largest absolute Gasteiger partial charge is 0.316 e. The number of benzene rings is 1. The summed E-state index contributed by atoms with van der Waals surface area (Å²) in [7, 11) is -1.33. The Bertz CT molecular complexity index is 521. The molecular weight excluding hydrogens is 272 g/mol. The van der Waals surface area contributed by atoms with Crippen molar-refractivity contribution in [1.82, 2.24) is 10.0 Å². The molecule has 2 N–H and O–H groups in total. The van der Waals surface area contributed by atoms with Gasteiger partial charge >= 0.3 is 0 Å². The van der Waals surface area contributed by atoms with Gasteiger partial charge in [-0.2, -0.15) is 0 Å². The lowest BCUT2D eigenvalue weighted by Crippen LogP contribution is -2.30. The molecule has 1 aromatic rings. The first-order valence-electron chi connectivity index (χ1n) is 7.20. The second kappa shape index (κ2) is 6.70. The van der Waals surface area contributed by atoms with Crippen LogP contribution in [0.3, 0.4) is 0 Å². The second-order valence-electron chi connectivity index (χ2n) is 5.77. The van der Waals surface area contributed by atoms with Crippen molar-refractivity contribution in [3.05, 3.63) is 35.4 Å². The number of rotatable bonds is 8. The third-order valence-corrected chi connectivity index (χ3v) is 5.13. The van der Waals surface area contributed by atoms with E-state index in [1.807, 2.05) is 31.3 Å². The van der Waals surface area contributed by atoms with Crippen LogP contribution in [0.2, 0.25) is 0 Å². The zero-order valence-corrected chi connectivity index (χ0v) is 13.0. The summed E-state index contributed by atoms with van der Waals surface area (Å²) < 4.78 is 26.8. The molecular formula is C15H24N2O2S. The fraction of sp³-hybridized carbons (Fsp3) is 0.600. The van der Waals surface area contributed by atoms with Crippen molar-refractivity contribution >= 4 is 10.0 Å². The van der Waals surface area contributed by atoms with Crippen LogP contribution in [0.25, 0.3) is 0 Å². The summed E-state index contributed by atoms with van der Waals surface area (Å²) in [6.07, 6.45) is 2.49. The molecule has 1 aromatic carbocycles. The first-order valence-corrected chi connectivity index (χ1v) is 8.85. The van der Waals surface area contributed by atoms with Crippen LogP contribution in [-0.2, 0) is 22.3 Å². The summed E-state index contributed by atoms with van der Waals surface area (Å²) in [5, 5.41) is 3.07. The second-order valence-corrected chi connectivity index (χ2v) is 7.58. The summed E-state index contributed by atoms with van der Waals surface area (Å²) in [6, 6.07) is 7.70. The summed E-state index contributed by atoms with van der Waals surface area (Å²) in [5.74, 6) is 1.23. The fourth-order valence-electron chi connectivity index (χ4n) is 2.32. The lowest BCUT2D eigenvalue weighted by molar-refractivity contribution is 0.491. The first-order chi connectivity index (χ1) is 9.50. The Morgan fingerprint density at radius 3 is 2.35 bits per heavy atom. The lowest BCUT2D eigenvalue weighted by atomic mass is 10.1. The molecule has 0 aliphatic heterocycles. The van der Waals surface area contributed by atoms with Crippen molar-refractivity contribution in [3.63, 3.8) is 0 Å². The molecule has 20 heavy (non-hydrogen) atoms. The van der Waals surface area contributed by atoms with Gasteiger partial charge in [0.15, 0.2) is 0 Å². The minimum Gasteiger partial charge on any atom is -0.316 e. The summed E-state index contributed by atoms with van der Waals surface area (Å²) in [4.78, 5) is 0. The number of sulfonamides is 1. The predicted molar refractivity (Wildman–Crippen MR) is 81.7 cm³/mol. The molecule has 1 aliphatic carbocycles. The highest BCUT2D eigenvalue weighted by Crippen LogP contribution is 2.36. The van der Waals surface area contributed by atoms with Crippen LogP contribution in [0.4, 0.5) is 0 Å². The normalized spacial score (nSPS) is 17.1. The molecule has 0 spiro atoms. The van der Waals surface area contributed by atoms with E-state index in [9.17, 15) is 8.42 Å². The van der Waals surface area contributed by atoms with E-state index in [2.05, 4.69) is 17.0 Å². The first kappa shape index (κ1) is 15.5. The van der Waals surface area contributed by atoms with Gasteiger partial charge in [-0.3, -0.25) is 0 Å². The van der Waals surface area contributed by atoms with Crippen molar-refractivity contribution in [1.29, 1.82) is 0 Å². The van der Waals surface area contributed by atoms with Crippen LogP contribution in [-0.4, -0.2) is 22.0 Å². The molecule has 1 unspecified atom stereocenters. The average molecular weight is 296 g/mol. The van der Waals surface area contributed by atoms with Crippen LogP contribution < -0.4 is 10.0 Å². The van der Waals surface area contributed by atoms with Crippen molar-refractivity contribution in [2.75, 3.05) is 13.6 Å². The Labute approximate surface area is 122 Å². The molecule has 1 atom stereocenters. The number of hydrogen-bond acceptors (Lipinski definition) is 3. The average Bonchev–Trinajstić information content (AvgIpc) is 3.23. The molecule has 0 aromatic heterocycles. The van der Waals surface area contributed by atoms with Crippen molar-refractivity contribution < 1.29 is 8.42 Å². The van der Waals surface area contributed by atoms with Gasteiger partial charge < -0.3 is 5.32 Å². The maximum Gasteiger partial charge on any atom is 0.215 e. The van der Waals surface area contributed by atoms with E-state index in [0.29, 0.717) is 12.5 Å². The van der Waals surface area contributed by atoms with Gasteiger partial charge in [0.25, 0.3) is 0 Å². The Hall–Kier alpha value is -0.910. The summed E-state index contributed by atoms with van der Waals surface area (Å²) in [6.45, 7) is 3.47. The molecule has 112 valence electrons. The van der Waals surface area contributed by atoms with Gasteiger partial charge in [-0.05, 0) is 42.9 Å². The molecule has 0 heterocycles. The highest BCUT2D eigenvalue weighted by molar-refractivity contribution is 7.88. The monoisotopic (exact) mass is 296 g/mol. The van der Waals surface area contributed by atoms with E-state index in [1.54, 1.807) is 0 Å². The van der Waals surface area contributed by atoms with Gasteiger partial charge in [0, 0.05) is 13.1 Å². The Kier molecular flexibility index (Phi) is 5.18. The Morgan fingerprint density at radius 1 is 1.20 bits per heavy atom. The van der Waals surface area contributed by atoms with Crippen molar-refractivity contribution in [2.45, 2.75) is 32.1 Å².